The molecule has 0 aromatic heterocycles. The summed E-state index contributed by atoms with van der Waals surface area (Å²) in [5.41, 5.74) is 0.617. The quantitative estimate of drug-likeness (QED) is 0.509. The van der Waals surface area contributed by atoms with Crippen molar-refractivity contribution < 1.29 is 4.39 Å². The molecule has 0 aliphatic heterocycles. The lowest BCUT2D eigenvalue weighted by molar-refractivity contribution is 0.609. The molecule has 0 heterocycles. The zero-order valence-corrected chi connectivity index (χ0v) is 6.94. The van der Waals surface area contributed by atoms with Crippen molar-refractivity contribution in [2.75, 3.05) is 0 Å². The molecule has 0 unspecified atom stereocenters. The molecule has 1 aromatic rings. The topological polar surface area (TPSA) is 0 Å². The summed E-state index contributed by atoms with van der Waals surface area (Å²) >= 11 is 4.11. The summed E-state index contributed by atoms with van der Waals surface area (Å²) < 4.78 is 12.9. The zero-order chi connectivity index (χ0) is 8.27. The Bertz CT molecular complexity index is 248. The SMILES string of the molecule is C=CCc1c(F)cccc1S. The third-order valence-corrected chi connectivity index (χ3v) is 1.86. The molecule has 0 N–H and O–H groups in total. The van der Waals surface area contributed by atoms with Crippen LogP contribution in [0.3, 0.4) is 0 Å². The maximum atomic E-state index is 12.9. The van der Waals surface area contributed by atoms with Gasteiger partial charge in [0.2, 0.25) is 0 Å². The molecule has 0 spiro atoms. The minimum Gasteiger partial charge on any atom is -0.207 e. The molecule has 0 fully saturated rings. The van der Waals surface area contributed by atoms with Gasteiger partial charge in [0.1, 0.15) is 5.82 Å². The van der Waals surface area contributed by atoms with E-state index in [9.17, 15) is 4.39 Å². The molecule has 0 saturated carbocycles. The molecule has 0 nitrogen and oxygen atoms in total. The van der Waals surface area contributed by atoms with E-state index < -0.39 is 0 Å². The second-order valence-electron chi connectivity index (χ2n) is 2.23. The summed E-state index contributed by atoms with van der Waals surface area (Å²) in [6.45, 7) is 3.54. The first-order valence-electron chi connectivity index (χ1n) is 3.33. The maximum absolute atomic E-state index is 12.9. The van der Waals surface area contributed by atoms with Crippen LogP contribution in [-0.2, 0) is 6.42 Å². The van der Waals surface area contributed by atoms with Gasteiger partial charge in [0.25, 0.3) is 0 Å². The van der Waals surface area contributed by atoms with Crippen molar-refractivity contribution >= 4 is 12.6 Å². The molecule has 0 saturated heterocycles. The summed E-state index contributed by atoms with van der Waals surface area (Å²) in [6, 6.07) is 4.84. The highest BCUT2D eigenvalue weighted by molar-refractivity contribution is 7.80. The Hall–Kier alpha value is -0.760. The van der Waals surface area contributed by atoms with Crippen molar-refractivity contribution in [3.8, 4) is 0 Å². The molecule has 0 amide bonds. The fourth-order valence-electron chi connectivity index (χ4n) is 0.894. The highest BCUT2D eigenvalue weighted by atomic mass is 32.1. The van der Waals surface area contributed by atoms with E-state index in [1.54, 1.807) is 18.2 Å². The van der Waals surface area contributed by atoms with Crippen LogP contribution in [0.4, 0.5) is 4.39 Å². The molecule has 11 heavy (non-hydrogen) atoms. The highest BCUT2D eigenvalue weighted by Gasteiger charge is 2.02. The van der Waals surface area contributed by atoms with E-state index in [1.807, 2.05) is 0 Å². The van der Waals surface area contributed by atoms with Gasteiger partial charge in [-0.15, -0.1) is 19.2 Å². The van der Waals surface area contributed by atoms with Gasteiger partial charge in [-0.05, 0) is 18.6 Å². The predicted octanol–water partition coefficient (Wildman–Crippen LogP) is 2.84. The molecular weight excluding hydrogens is 159 g/mol. The third-order valence-electron chi connectivity index (χ3n) is 1.44. The Morgan fingerprint density at radius 3 is 2.82 bits per heavy atom. The number of hydrogen-bond donors (Lipinski definition) is 1. The number of thiol groups is 1. The first-order valence-corrected chi connectivity index (χ1v) is 3.77. The Labute approximate surface area is 71.2 Å². The molecule has 0 bridgehead atoms. The first kappa shape index (κ1) is 8.34. The second-order valence-corrected chi connectivity index (χ2v) is 2.71. The number of benzene rings is 1. The monoisotopic (exact) mass is 168 g/mol. The second kappa shape index (κ2) is 3.58. The van der Waals surface area contributed by atoms with Crippen molar-refractivity contribution in [3.63, 3.8) is 0 Å². The van der Waals surface area contributed by atoms with Crippen molar-refractivity contribution in [2.45, 2.75) is 11.3 Å². The van der Waals surface area contributed by atoms with Crippen molar-refractivity contribution in [1.29, 1.82) is 0 Å². The largest absolute Gasteiger partial charge is 0.207 e. The van der Waals surface area contributed by atoms with E-state index in [0.29, 0.717) is 16.9 Å². The van der Waals surface area contributed by atoms with Gasteiger partial charge in [0, 0.05) is 10.5 Å². The Balaban J connectivity index is 3.09. The van der Waals surface area contributed by atoms with E-state index in [2.05, 4.69) is 19.2 Å². The summed E-state index contributed by atoms with van der Waals surface area (Å²) in [5, 5.41) is 0. The number of halogens is 1. The smallest absolute Gasteiger partial charge is 0.127 e. The Morgan fingerprint density at radius 2 is 2.27 bits per heavy atom. The van der Waals surface area contributed by atoms with Crippen molar-refractivity contribution in [1.82, 2.24) is 0 Å². The molecule has 0 aliphatic rings. The third kappa shape index (κ3) is 1.84. The number of hydrogen-bond acceptors (Lipinski definition) is 1. The highest BCUT2D eigenvalue weighted by Crippen LogP contribution is 2.17. The molecular formula is C9H9FS. The molecule has 0 atom stereocenters. The lowest BCUT2D eigenvalue weighted by Gasteiger charge is -2.01. The molecule has 58 valence electrons. The van der Waals surface area contributed by atoms with Gasteiger partial charge in [-0.3, -0.25) is 0 Å². The van der Waals surface area contributed by atoms with Gasteiger partial charge >= 0.3 is 0 Å². The fourth-order valence-corrected chi connectivity index (χ4v) is 1.18. The van der Waals surface area contributed by atoms with E-state index in [-0.39, 0.29) is 5.82 Å². The lowest BCUT2D eigenvalue weighted by Crippen LogP contribution is -1.88. The first-order chi connectivity index (χ1) is 5.25. The van der Waals surface area contributed by atoms with Gasteiger partial charge in [-0.1, -0.05) is 12.1 Å². The van der Waals surface area contributed by atoms with Crippen molar-refractivity contribution in [2.24, 2.45) is 0 Å². The van der Waals surface area contributed by atoms with Crippen LogP contribution in [0.5, 0.6) is 0 Å². The van der Waals surface area contributed by atoms with Gasteiger partial charge in [0.15, 0.2) is 0 Å². The van der Waals surface area contributed by atoms with Gasteiger partial charge in [-0.2, -0.15) is 0 Å². The summed E-state index contributed by atoms with van der Waals surface area (Å²) in [5.74, 6) is -0.211. The zero-order valence-electron chi connectivity index (χ0n) is 6.05. The normalized spacial score (nSPS) is 9.64. The van der Waals surface area contributed by atoms with Crippen LogP contribution in [0.15, 0.2) is 35.7 Å². The van der Waals surface area contributed by atoms with E-state index >= 15 is 0 Å². The minimum absolute atomic E-state index is 0.211. The average molecular weight is 168 g/mol. The van der Waals surface area contributed by atoms with Crippen LogP contribution in [0.25, 0.3) is 0 Å². The summed E-state index contributed by atoms with van der Waals surface area (Å²) in [7, 11) is 0. The Morgan fingerprint density at radius 1 is 1.55 bits per heavy atom. The van der Waals surface area contributed by atoms with Crippen LogP contribution in [0.2, 0.25) is 0 Å². The maximum Gasteiger partial charge on any atom is 0.127 e. The number of allylic oxidation sites excluding steroid dienone is 1. The summed E-state index contributed by atoms with van der Waals surface area (Å²) in [6.07, 6.45) is 2.20. The van der Waals surface area contributed by atoms with Gasteiger partial charge in [0.05, 0.1) is 0 Å². The van der Waals surface area contributed by atoms with Gasteiger partial charge in [-0.25, -0.2) is 4.39 Å². The van der Waals surface area contributed by atoms with Crippen LogP contribution in [0, 0.1) is 5.82 Å². The molecule has 2 heteroatoms. The standard InChI is InChI=1S/C9H9FS/c1-2-4-7-8(10)5-3-6-9(7)11/h2-3,5-6,11H,1,4H2. The van der Waals surface area contributed by atoms with Crippen LogP contribution in [-0.4, -0.2) is 0 Å². The number of rotatable bonds is 2. The Kier molecular flexibility index (Phi) is 2.71. The van der Waals surface area contributed by atoms with E-state index in [0.717, 1.165) is 0 Å². The van der Waals surface area contributed by atoms with Crippen molar-refractivity contribution in [3.05, 3.63) is 42.2 Å². The van der Waals surface area contributed by atoms with Crippen LogP contribution >= 0.6 is 12.6 Å². The molecule has 1 aromatic carbocycles. The minimum atomic E-state index is -0.211. The van der Waals surface area contributed by atoms with Crippen LogP contribution < -0.4 is 0 Å². The molecule has 1 rings (SSSR count). The lowest BCUT2D eigenvalue weighted by atomic mass is 10.1. The fraction of sp³-hybridized carbons (Fsp3) is 0.111. The molecule has 0 radical (unpaired) electrons. The predicted molar refractivity (Wildman–Crippen MR) is 47.6 cm³/mol. The van der Waals surface area contributed by atoms with E-state index in [1.165, 1.54) is 6.07 Å². The molecule has 0 aliphatic carbocycles. The summed E-state index contributed by atoms with van der Waals surface area (Å²) in [4.78, 5) is 0.685. The van der Waals surface area contributed by atoms with Crippen LogP contribution in [0.1, 0.15) is 5.56 Å². The van der Waals surface area contributed by atoms with Gasteiger partial charge < -0.3 is 0 Å². The van der Waals surface area contributed by atoms with E-state index in [4.69, 9.17) is 0 Å². The average Bonchev–Trinajstić information content (AvgIpc) is 1.97.